The molecule has 0 bridgehead atoms. The first-order valence-corrected chi connectivity index (χ1v) is 8.83. The van der Waals surface area contributed by atoms with Crippen LogP contribution in [0.4, 0.5) is 11.4 Å². The number of nitrogens with zero attached hydrogens (tertiary/aromatic N) is 2. The monoisotopic (exact) mass is 337 g/mol. The molecule has 1 aliphatic rings. The van der Waals surface area contributed by atoms with Crippen molar-refractivity contribution in [2.75, 3.05) is 17.2 Å². The van der Waals surface area contributed by atoms with Crippen LogP contribution in [-0.4, -0.2) is 40.5 Å². The third-order valence-electron chi connectivity index (χ3n) is 4.05. The van der Waals surface area contributed by atoms with Crippen LogP contribution in [0.1, 0.15) is 38.1 Å². The molecule has 1 fully saturated rings. The number of benzene rings is 1. The molecule has 2 rings (SSSR count). The van der Waals surface area contributed by atoms with Crippen LogP contribution in [0, 0.1) is 10.1 Å². The van der Waals surface area contributed by atoms with Crippen LogP contribution in [0.25, 0.3) is 0 Å². The van der Waals surface area contributed by atoms with Gasteiger partial charge in [0.1, 0.15) is 5.69 Å². The number of hydrogen-bond donors (Lipinski definition) is 1. The minimum atomic E-state index is -0.402. The summed E-state index contributed by atoms with van der Waals surface area (Å²) in [6.45, 7) is 8.70. The molecule has 2 unspecified atom stereocenters. The van der Waals surface area contributed by atoms with Gasteiger partial charge in [-0.1, -0.05) is 6.92 Å². The van der Waals surface area contributed by atoms with Crippen molar-refractivity contribution in [3.05, 3.63) is 33.9 Å². The highest BCUT2D eigenvalue weighted by atomic mass is 32.2. The van der Waals surface area contributed by atoms with E-state index >= 15 is 0 Å². The van der Waals surface area contributed by atoms with E-state index in [0.29, 0.717) is 16.5 Å². The van der Waals surface area contributed by atoms with E-state index in [1.165, 1.54) is 6.07 Å². The summed E-state index contributed by atoms with van der Waals surface area (Å²) in [6, 6.07) is 4.95. The molecule has 23 heavy (non-hydrogen) atoms. The third-order valence-corrected chi connectivity index (χ3v) is 5.39. The number of carbonyl (C=O) groups excluding carboxylic acids is 1. The Labute approximate surface area is 140 Å². The smallest absolute Gasteiger partial charge is 0.293 e. The number of thioether (sulfide) groups is 1. The summed E-state index contributed by atoms with van der Waals surface area (Å²) in [7, 11) is 0. The van der Waals surface area contributed by atoms with Gasteiger partial charge in [0.25, 0.3) is 11.6 Å². The number of nitro groups is 1. The second kappa shape index (κ2) is 7.21. The molecule has 0 aliphatic carbocycles. The van der Waals surface area contributed by atoms with Crippen LogP contribution < -0.4 is 10.2 Å². The lowest BCUT2D eigenvalue weighted by atomic mass is 10.1. The van der Waals surface area contributed by atoms with Gasteiger partial charge in [-0.2, -0.15) is 11.8 Å². The molecule has 1 heterocycles. The Morgan fingerprint density at radius 1 is 1.43 bits per heavy atom. The number of amides is 1. The van der Waals surface area contributed by atoms with Gasteiger partial charge < -0.3 is 10.2 Å². The topological polar surface area (TPSA) is 75.5 Å². The summed E-state index contributed by atoms with van der Waals surface area (Å²) in [5.41, 5.74) is 0.907. The Bertz CT molecular complexity index is 606. The van der Waals surface area contributed by atoms with Gasteiger partial charge in [0.15, 0.2) is 0 Å². The van der Waals surface area contributed by atoms with Gasteiger partial charge in [-0.25, -0.2) is 0 Å². The molecule has 1 aromatic carbocycles. The Balaban J connectivity index is 2.37. The molecule has 0 spiro atoms. The largest absolute Gasteiger partial charge is 0.361 e. The third kappa shape index (κ3) is 3.96. The van der Waals surface area contributed by atoms with Gasteiger partial charge in [-0.15, -0.1) is 0 Å². The molecular formula is C16H23N3O3S. The van der Waals surface area contributed by atoms with Gasteiger partial charge >= 0.3 is 0 Å². The molecule has 1 N–H and O–H groups in total. The fourth-order valence-electron chi connectivity index (χ4n) is 2.67. The van der Waals surface area contributed by atoms with Crippen molar-refractivity contribution in [1.82, 2.24) is 5.32 Å². The Kier molecular flexibility index (Phi) is 5.51. The molecule has 2 atom stereocenters. The van der Waals surface area contributed by atoms with Crippen molar-refractivity contribution < 1.29 is 9.72 Å². The first-order valence-electron chi connectivity index (χ1n) is 7.78. The number of hydrogen-bond acceptors (Lipinski definition) is 5. The number of rotatable bonds is 4. The average molecular weight is 337 g/mol. The first kappa shape index (κ1) is 17.6. The Morgan fingerprint density at radius 3 is 2.74 bits per heavy atom. The van der Waals surface area contributed by atoms with Crippen molar-refractivity contribution in [1.29, 1.82) is 0 Å². The molecule has 7 heteroatoms. The second-order valence-corrected chi connectivity index (χ2v) is 7.58. The number of nitrogens with one attached hydrogen (secondary N) is 1. The van der Waals surface area contributed by atoms with Crippen LogP contribution in [0.15, 0.2) is 18.2 Å². The van der Waals surface area contributed by atoms with E-state index in [-0.39, 0.29) is 23.7 Å². The zero-order valence-electron chi connectivity index (χ0n) is 13.9. The van der Waals surface area contributed by atoms with E-state index in [0.717, 1.165) is 12.3 Å². The predicted molar refractivity (Wildman–Crippen MR) is 94.4 cm³/mol. The molecule has 0 radical (unpaired) electrons. The van der Waals surface area contributed by atoms with Gasteiger partial charge in [-0.05, 0) is 32.9 Å². The highest BCUT2D eigenvalue weighted by Crippen LogP contribution is 2.35. The molecule has 126 valence electrons. The number of carbonyl (C=O) groups is 1. The predicted octanol–water partition coefficient (Wildman–Crippen LogP) is 3.06. The maximum atomic E-state index is 12.1. The SMILES string of the molecule is CC(C)NC(=O)c1ccc(N2CCSC(C)C2C)c([N+](=O)[O-])c1. The second-order valence-electron chi connectivity index (χ2n) is 6.10. The van der Waals surface area contributed by atoms with E-state index in [9.17, 15) is 14.9 Å². The molecule has 1 amide bonds. The summed E-state index contributed by atoms with van der Waals surface area (Å²) in [4.78, 5) is 25.2. The lowest BCUT2D eigenvalue weighted by Crippen LogP contribution is -2.45. The summed E-state index contributed by atoms with van der Waals surface area (Å²) in [5.74, 6) is 0.656. The molecule has 1 saturated heterocycles. The van der Waals surface area contributed by atoms with Crippen LogP contribution in [0.3, 0.4) is 0 Å². The Morgan fingerprint density at radius 2 is 2.13 bits per heavy atom. The maximum absolute atomic E-state index is 12.1. The van der Waals surface area contributed by atoms with Gasteiger partial charge in [0.05, 0.1) is 4.92 Å². The normalized spacial score (nSPS) is 21.3. The molecular weight excluding hydrogens is 314 g/mol. The average Bonchev–Trinajstić information content (AvgIpc) is 2.48. The molecule has 0 saturated carbocycles. The summed E-state index contributed by atoms with van der Waals surface area (Å²) < 4.78 is 0. The highest BCUT2D eigenvalue weighted by Gasteiger charge is 2.30. The Hall–Kier alpha value is -1.76. The van der Waals surface area contributed by atoms with E-state index in [4.69, 9.17) is 0 Å². The molecule has 0 aromatic heterocycles. The highest BCUT2D eigenvalue weighted by molar-refractivity contribution is 8.00. The summed E-state index contributed by atoms with van der Waals surface area (Å²) in [5, 5.41) is 14.7. The van der Waals surface area contributed by atoms with Crippen molar-refractivity contribution >= 4 is 29.0 Å². The van der Waals surface area contributed by atoms with Gasteiger partial charge in [-0.3, -0.25) is 14.9 Å². The minimum Gasteiger partial charge on any atom is -0.361 e. The van der Waals surface area contributed by atoms with Crippen LogP contribution >= 0.6 is 11.8 Å². The van der Waals surface area contributed by atoms with E-state index in [2.05, 4.69) is 24.1 Å². The van der Waals surface area contributed by atoms with E-state index < -0.39 is 4.92 Å². The molecule has 1 aromatic rings. The lowest BCUT2D eigenvalue weighted by Gasteiger charge is -2.38. The van der Waals surface area contributed by atoms with E-state index in [1.807, 2.05) is 25.6 Å². The maximum Gasteiger partial charge on any atom is 0.293 e. The zero-order chi connectivity index (χ0) is 17.1. The molecule has 6 nitrogen and oxygen atoms in total. The quantitative estimate of drug-likeness (QED) is 0.675. The van der Waals surface area contributed by atoms with Crippen molar-refractivity contribution in [2.45, 2.75) is 45.0 Å². The molecule has 1 aliphatic heterocycles. The first-order chi connectivity index (χ1) is 10.8. The minimum absolute atomic E-state index is 0.00708. The van der Waals surface area contributed by atoms with Crippen LogP contribution in [0.5, 0.6) is 0 Å². The fraction of sp³-hybridized carbons (Fsp3) is 0.562. The van der Waals surface area contributed by atoms with Gasteiger partial charge in [0, 0.05) is 41.3 Å². The van der Waals surface area contributed by atoms with Crippen molar-refractivity contribution in [2.24, 2.45) is 0 Å². The zero-order valence-corrected chi connectivity index (χ0v) is 14.7. The standard InChI is InChI=1S/C16H23N3O3S/c1-10(2)17-16(20)13-5-6-14(15(9-13)19(21)22)18-7-8-23-12(4)11(18)3/h5-6,9-12H,7-8H2,1-4H3,(H,17,20). The number of nitro benzene ring substituents is 1. The van der Waals surface area contributed by atoms with Crippen LogP contribution in [0.2, 0.25) is 0 Å². The summed E-state index contributed by atoms with van der Waals surface area (Å²) in [6.07, 6.45) is 0. The lowest BCUT2D eigenvalue weighted by molar-refractivity contribution is -0.384. The van der Waals surface area contributed by atoms with Crippen molar-refractivity contribution in [3.8, 4) is 0 Å². The van der Waals surface area contributed by atoms with E-state index in [1.54, 1.807) is 12.1 Å². The number of anilines is 1. The van der Waals surface area contributed by atoms with Crippen molar-refractivity contribution in [3.63, 3.8) is 0 Å². The van der Waals surface area contributed by atoms with Gasteiger partial charge in [0.2, 0.25) is 0 Å². The fourth-order valence-corrected chi connectivity index (χ4v) is 3.77. The summed E-state index contributed by atoms with van der Waals surface area (Å²) >= 11 is 1.88. The van der Waals surface area contributed by atoms with Crippen LogP contribution in [-0.2, 0) is 0 Å².